The van der Waals surface area contributed by atoms with Gasteiger partial charge in [-0.1, -0.05) is 134 Å². The van der Waals surface area contributed by atoms with Crippen molar-refractivity contribution in [1.82, 2.24) is 9.55 Å². The Hall–Kier alpha value is -6.11. The Morgan fingerprint density at radius 3 is 2.24 bits per heavy atom. The monoisotopic (exact) mass is 936 g/mol. The Balaban J connectivity index is 0.845. The van der Waals surface area contributed by atoms with Crippen molar-refractivity contribution in [2.24, 2.45) is 28.6 Å². The topological polar surface area (TPSA) is 151 Å². The van der Waals surface area contributed by atoms with Gasteiger partial charge in [-0.2, -0.15) is 0 Å². The molecule has 1 saturated heterocycles. The SMILES string of the molecule is C[C@]12CCC(=O)C=C1CC[C@@H]1[C@@H]2CC[C@@]2(C)[C@H]1CC[C@@]2(O)C#Cc1cn([C@@H]2O[C@H](CO)[C@H](O)C2OCC#Cc2ccc3c(c2)C(Cc2ccccc2)(Cc2ccccc2)c2ccccc2-3)c(=O)[nH]c1=O. The predicted octanol–water partition coefficient (Wildman–Crippen LogP) is 7.59. The number of benzene rings is 4. The first-order chi connectivity index (χ1) is 33.8. The fourth-order valence-electron chi connectivity index (χ4n) is 14.1. The Morgan fingerprint density at radius 1 is 0.800 bits per heavy atom. The molecule has 0 amide bonds. The van der Waals surface area contributed by atoms with E-state index in [1.165, 1.54) is 45.2 Å². The fraction of sp³-hybridized carbons (Fsp3) is 0.417. The van der Waals surface area contributed by atoms with Gasteiger partial charge in [-0.3, -0.25) is 19.1 Å². The molecule has 6 aliphatic rings. The van der Waals surface area contributed by atoms with Gasteiger partial charge in [0.2, 0.25) is 0 Å². The van der Waals surface area contributed by atoms with Gasteiger partial charge < -0.3 is 24.8 Å². The molecule has 3 saturated carbocycles. The normalized spacial score (nSPS) is 31.1. The van der Waals surface area contributed by atoms with E-state index in [1.54, 1.807) is 0 Å². The van der Waals surface area contributed by atoms with E-state index < -0.39 is 53.4 Å². The minimum absolute atomic E-state index is 0.0000726. The number of nitrogens with zero attached hydrogens (tertiary/aromatic N) is 1. The maximum Gasteiger partial charge on any atom is 0.330 e. The van der Waals surface area contributed by atoms with E-state index in [4.69, 9.17) is 9.47 Å². The van der Waals surface area contributed by atoms with Gasteiger partial charge in [0.1, 0.15) is 36.1 Å². The molecule has 0 radical (unpaired) electrons. The van der Waals surface area contributed by atoms with E-state index in [9.17, 15) is 29.7 Å². The van der Waals surface area contributed by atoms with Crippen molar-refractivity contribution < 1.29 is 29.6 Å². The molecular weight excluding hydrogens is 877 g/mol. The van der Waals surface area contributed by atoms with Gasteiger partial charge in [0.25, 0.3) is 5.56 Å². The van der Waals surface area contributed by atoms with Crippen LogP contribution in [-0.2, 0) is 32.5 Å². The molecule has 1 aliphatic heterocycles. The number of carbonyl (C=O) groups is 1. The second-order valence-corrected chi connectivity index (χ2v) is 21.3. The van der Waals surface area contributed by atoms with E-state index in [1.807, 2.05) is 24.3 Å². The molecule has 1 unspecified atom stereocenters. The summed E-state index contributed by atoms with van der Waals surface area (Å²) in [5.41, 5.74) is 5.66. The third kappa shape index (κ3) is 7.68. The summed E-state index contributed by atoms with van der Waals surface area (Å²) in [5, 5.41) is 34.0. The highest BCUT2D eigenvalue weighted by molar-refractivity contribution is 5.91. The molecule has 11 rings (SSSR count). The quantitative estimate of drug-likeness (QED) is 0.116. The van der Waals surface area contributed by atoms with Gasteiger partial charge in [-0.15, -0.1) is 0 Å². The average Bonchev–Trinajstić information content (AvgIpc) is 3.93. The first-order valence-corrected chi connectivity index (χ1v) is 25.1. The first-order valence-electron chi connectivity index (χ1n) is 25.1. The van der Waals surface area contributed by atoms with E-state index >= 15 is 0 Å². The van der Waals surface area contributed by atoms with Crippen LogP contribution in [0.2, 0.25) is 0 Å². The molecule has 4 aromatic carbocycles. The highest BCUT2D eigenvalue weighted by atomic mass is 16.6. The van der Waals surface area contributed by atoms with Crippen molar-refractivity contribution in [2.45, 2.75) is 114 Å². The number of rotatable bonds is 8. The van der Waals surface area contributed by atoms with Gasteiger partial charge >= 0.3 is 5.69 Å². The number of ketones is 1. The standard InChI is InChI=1S/C60H60N2O8/c1-57-27-24-43(64)33-42(57)20-22-46-47(57)25-28-58(2)48(46)26-30-60(58,68)29-23-41-36-62(56(67)61-54(41)66)55-53(52(65)51(37-63)70-55)69-31-11-16-38-19-21-45-44-17-9-10-18-49(44)59(50(45)32-38,34-39-12-5-3-6-13-39)35-40-14-7-4-8-15-40/h3-10,12-15,17-19,21,32-33,36,46-48,51-53,55,63,65,68H,20,22,24-28,30-31,34-35,37H2,1-2H3,(H,61,66,67)/t46-,47+,48+,51-,52+,53?,55-,57+,58+,60+/m1/s1. The lowest BCUT2D eigenvalue weighted by Gasteiger charge is -2.58. The maximum atomic E-state index is 13.5. The Labute approximate surface area is 408 Å². The summed E-state index contributed by atoms with van der Waals surface area (Å²) in [6, 6.07) is 36.2. The van der Waals surface area contributed by atoms with Crippen LogP contribution in [0.5, 0.6) is 0 Å². The van der Waals surface area contributed by atoms with Gasteiger partial charge in [0.15, 0.2) is 12.0 Å². The molecule has 10 atom stereocenters. The molecule has 2 heterocycles. The molecule has 4 N–H and O–H groups in total. The van der Waals surface area contributed by atoms with Crippen molar-refractivity contribution in [3.05, 3.63) is 175 Å². The lowest BCUT2D eigenvalue weighted by molar-refractivity contribution is -0.119. The fourth-order valence-corrected chi connectivity index (χ4v) is 14.1. The van der Waals surface area contributed by atoms with Crippen LogP contribution in [0.1, 0.15) is 105 Å². The summed E-state index contributed by atoms with van der Waals surface area (Å²) in [5.74, 6) is 13.9. The van der Waals surface area contributed by atoms with E-state index in [0.29, 0.717) is 24.7 Å². The molecule has 358 valence electrons. The summed E-state index contributed by atoms with van der Waals surface area (Å²) in [4.78, 5) is 41.6. The maximum absolute atomic E-state index is 13.5. The van der Waals surface area contributed by atoms with Crippen LogP contribution in [0.15, 0.2) is 131 Å². The molecule has 70 heavy (non-hydrogen) atoms. The van der Waals surface area contributed by atoms with E-state index in [2.05, 4.69) is 127 Å². The van der Waals surface area contributed by atoms with Crippen LogP contribution in [0.4, 0.5) is 0 Å². The van der Waals surface area contributed by atoms with Crippen LogP contribution < -0.4 is 11.2 Å². The summed E-state index contributed by atoms with van der Waals surface area (Å²) in [6.45, 7) is 3.80. The third-order valence-corrected chi connectivity index (χ3v) is 17.8. The van der Waals surface area contributed by atoms with E-state index in [-0.39, 0.29) is 34.7 Å². The number of carbonyl (C=O) groups excluding carboxylic acids is 1. The van der Waals surface area contributed by atoms with Crippen molar-refractivity contribution in [3.8, 4) is 34.8 Å². The first kappa shape index (κ1) is 46.3. The van der Waals surface area contributed by atoms with Crippen molar-refractivity contribution in [3.63, 3.8) is 0 Å². The van der Waals surface area contributed by atoms with Gasteiger partial charge in [-0.05, 0) is 133 Å². The Bertz CT molecular complexity index is 3090. The molecule has 0 spiro atoms. The second-order valence-electron chi connectivity index (χ2n) is 21.3. The Kier molecular flexibility index (Phi) is 11.9. The third-order valence-electron chi connectivity index (χ3n) is 17.8. The van der Waals surface area contributed by atoms with Crippen LogP contribution in [0.25, 0.3) is 11.1 Å². The van der Waals surface area contributed by atoms with Crippen molar-refractivity contribution in [2.75, 3.05) is 13.2 Å². The number of hydrogen-bond donors (Lipinski definition) is 4. The van der Waals surface area contributed by atoms with Gasteiger partial charge in [0, 0.05) is 29.0 Å². The summed E-state index contributed by atoms with van der Waals surface area (Å²) in [6.07, 6.45) is 6.35. The largest absolute Gasteiger partial charge is 0.394 e. The second kappa shape index (κ2) is 17.9. The highest BCUT2D eigenvalue weighted by Crippen LogP contribution is 2.67. The van der Waals surface area contributed by atoms with Crippen LogP contribution >= 0.6 is 0 Å². The molecule has 5 aromatic rings. The lowest BCUT2D eigenvalue weighted by Crippen LogP contribution is -2.54. The number of nitrogens with one attached hydrogen (secondary N) is 1. The molecular formula is C60H60N2O8. The molecule has 1 aromatic heterocycles. The number of aromatic nitrogens is 2. The number of H-pyrrole nitrogens is 1. The predicted molar refractivity (Wildman–Crippen MR) is 266 cm³/mol. The molecule has 10 nitrogen and oxygen atoms in total. The molecule has 10 heteroatoms. The van der Waals surface area contributed by atoms with Crippen LogP contribution in [-0.4, -0.2) is 67.8 Å². The summed E-state index contributed by atoms with van der Waals surface area (Å²) in [7, 11) is 0. The minimum atomic E-state index is -1.37. The number of fused-ring (bicyclic) bond motifs is 8. The number of aliphatic hydroxyl groups is 3. The number of aliphatic hydroxyl groups excluding tert-OH is 2. The molecule has 0 bridgehead atoms. The van der Waals surface area contributed by atoms with Gasteiger partial charge in [0.05, 0.1) is 6.61 Å². The summed E-state index contributed by atoms with van der Waals surface area (Å²) < 4.78 is 13.4. The summed E-state index contributed by atoms with van der Waals surface area (Å²) >= 11 is 0. The zero-order valence-electron chi connectivity index (χ0n) is 39.8. The zero-order valence-corrected chi connectivity index (χ0v) is 39.8. The van der Waals surface area contributed by atoms with Crippen molar-refractivity contribution >= 4 is 5.78 Å². The van der Waals surface area contributed by atoms with Gasteiger partial charge in [-0.25, -0.2) is 4.79 Å². The number of allylic oxidation sites excluding steroid dienone is 1. The van der Waals surface area contributed by atoms with Crippen molar-refractivity contribution in [1.29, 1.82) is 0 Å². The Morgan fingerprint density at radius 2 is 1.50 bits per heavy atom. The lowest BCUT2D eigenvalue weighted by atomic mass is 9.46. The zero-order chi connectivity index (χ0) is 48.4. The highest BCUT2D eigenvalue weighted by Gasteiger charge is 2.63. The van der Waals surface area contributed by atoms with Crippen LogP contribution in [0.3, 0.4) is 0 Å². The number of ether oxygens (including phenoxy) is 2. The molecule has 5 aliphatic carbocycles. The number of aromatic amines is 1. The average molecular weight is 937 g/mol. The van der Waals surface area contributed by atoms with E-state index in [0.717, 1.165) is 61.5 Å². The minimum Gasteiger partial charge on any atom is -0.394 e. The number of hydrogen-bond acceptors (Lipinski definition) is 8. The molecule has 4 fully saturated rings. The van der Waals surface area contributed by atoms with Crippen LogP contribution in [0, 0.1) is 52.3 Å². The smallest absolute Gasteiger partial charge is 0.330 e.